The zero-order valence-electron chi connectivity index (χ0n) is 17.8. The average molecular weight is 505 g/mol. The summed E-state index contributed by atoms with van der Waals surface area (Å²) in [6.45, 7) is 0.390. The van der Waals surface area contributed by atoms with Crippen molar-refractivity contribution in [3.63, 3.8) is 0 Å². The molecule has 33 heavy (non-hydrogen) atoms. The van der Waals surface area contributed by atoms with Crippen LogP contribution in [0.4, 0.5) is 0 Å². The number of likely N-dealkylation sites (tertiary alicyclic amines) is 1. The predicted octanol–water partition coefficient (Wildman–Crippen LogP) is 3.62. The van der Waals surface area contributed by atoms with Crippen LogP contribution in [0.1, 0.15) is 47.8 Å². The normalized spacial score (nSPS) is 33.9. The molecule has 0 spiro atoms. The Morgan fingerprint density at radius 2 is 1.91 bits per heavy atom. The first-order valence-corrected chi connectivity index (χ1v) is 14.0. The second-order valence-electron chi connectivity index (χ2n) is 9.51. The van der Waals surface area contributed by atoms with E-state index in [-0.39, 0.29) is 63.9 Å². The van der Waals surface area contributed by atoms with Crippen LogP contribution in [0.3, 0.4) is 0 Å². The maximum Gasteiger partial charge on any atom is 0.305 e. The van der Waals surface area contributed by atoms with Crippen LogP contribution in [0.2, 0.25) is 0 Å². The van der Waals surface area contributed by atoms with Crippen molar-refractivity contribution in [2.24, 2.45) is 29.6 Å². The van der Waals surface area contributed by atoms with Gasteiger partial charge < -0.3 is 10.1 Å². The van der Waals surface area contributed by atoms with Crippen molar-refractivity contribution < 1.29 is 19.5 Å². The summed E-state index contributed by atoms with van der Waals surface area (Å²) >= 11 is 4.70. The van der Waals surface area contributed by atoms with Gasteiger partial charge in [-0.15, -0.1) is 23.1 Å². The fourth-order valence-electron chi connectivity index (χ4n) is 6.81. The van der Waals surface area contributed by atoms with Gasteiger partial charge in [-0.1, -0.05) is 23.8 Å². The zero-order chi connectivity index (χ0) is 22.9. The summed E-state index contributed by atoms with van der Waals surface area (Å²) < 4.78 is 0. The van der Waals surface area contributed by atoms with E-state index in [1.54, 1.807) is 23.1 Å². The predicted molar refractivity (Wildman–Crippen MR) is 126 cm³/mol. The van der Waals surface area contributed by atoms with E-state index in [1.807, 2.05) is 6.07 Å². The monoisotopic (exact) mass is 504 g/mol. The fraction of sp³-hybridized carbons (Fsp3) is 0.565. The number of hydrogen-bond acceptors (Lipinski definition) is 7. The maximum absolute atomic E-state index is 13.4. The molecule has 2 bridgehead atoms. The lowest BCUT2D eigenvalue weighted by Crippen LogP contribution is -2.42. The SMILES string of the molecule is O=C(O)CCCCCN1C(=O)[C@@H]2[C@H]3C[C@@H]([C@@H]2C1=O)[C@@H]1[C@@H](c2cccs2)c2sc(=O)[nH]c2S[C@H]31. The van der Waals surface area contributed by atoms with Gasteiger partial charge >= 0.3 is 10.8 Å². The number of carboxylic acids is 1. The van der Waals surface area contributed by atoms with Crippen LogP contribution in [0.25, 0.3) is 0 Å². The van der Waals surface area contributed by atoms with Crippen LogP contribution < -0.4 is 4.87 Å². The minimum Gasteiger partial charge on any atom is -0.481 e. The molecule has 0 radical (unpaired) electrons. The van der Waals surface area contributed by atoms with Gasteiger partial charge in [-0.3, -0.25) is 24.1 Å². The highest BCUT2D eigenvalue weighted by molar-refractivity contribution is 8.00. The molecule has 4 aliphatic rings. The number of imide groups is 1. The number of rotatable bonds is 7. The number of carbonyl (C=O) groups is 3. The van der Waals surface area contributed by atoms with Gasteiger partial charge in [0.15, 0.2) is 0 Å². The molecule has 174 valence electrons. The van der Waals surface area contributed by atoms with Gasteiger partial charge in [-0.2, -0.15) is 0 Å². The molecule has 2 aromatic heterocycles. The highest BCUT2D eigenvalue weighted by Gasteiger charge is 2.69. The van der Waals surface area contributed by atoms with Gasteiger partial charge in [0, 0.05) is 33.9 Å². The van der Waals surface area contributed by atoms with Crippen molar-refractivity contribution in [3.05, 3.63) is 36.9 Å². The number of aliphatic carboxylic acids is 1. The second-order valence-corrected chi connectivity index (χ2v) is 12.7. The number of aromatic amines is 1. The Morgan fingerprint density at radius 3 is 2.64 bits per heavy atom. The lowest BCUT2D eigenvalue weighted by Gasteiger charge is -2.42. The highest BCUT2D eigenvalue weighted by Crippen LogP contribution is 2.68. The molecular weight excluding hydrogens is 480 g/mol. The van der Waals surface area contributed by atoms with Crippen molar-refractivity contribution in [3.8, 4) is 0 Å². The molecule has 0 unspecified atom stereocenters. The Hall–Kier alpha value is -1.91. The number of thiophene rings is 1. The molecule has 6 rings (SSSR count). The maximum atomic E-state index is 13.4. The van der Waals surface area contributed by atoms with E-state index < -0.39 is 5.97 Å². The number of nitrogens with zero attached hydrogens (tertiary/aromatic N) is 1. The van der Waals surface area contributed by atoms with Crippen LogP contribution in [-0.2, 0) is 14.4 Å². The largest absolute Gasteiger partial charge is 0.481 e. The molecule has 7 atom stereocenters. The number of thioether (sulfide) groups is 1. The molecule has 1 saturated heterocycles. The first-order chi connectivity index (χ1) is 16.0. The van der Waals surface area contributed by atoms with Gasteiger partial charge in [-0.25, -0.2) is 0 Å². The van der Waals surface area contributed by atoms with Gasteiger partial charge in [-0.05, 0) is 48.5 Å². The first kappa shape index (κ1) is 21.6. The summed E-state index contributed by atoms with van der Waals surface area (Å²) in [5, 5.41) is 12.0. The summed E-state index contributed by atoms with van der Waals surface area (Å²) in [5.41, 5.74) is 0. The van der Waals surface area contributed by atoms with E-state index in [2.05, 4.69) is 16.4 Å². The van der Waals surface area contributed by atoms with E-state index in [0.717, 1.165) is 16.3 Å². The van der Waals surface area contributed by atoms with E-state index in [0.29, 0.717) is 25.8 Å². The Bertz CT molecular complexity index is 1170. The molecule has 2 amide bonds. The summed E-state index contributed by atoms with van der Waals surface area (Å²) in [6, 6.07) is 4.17. The number of H-pyrrole nitrogens is 1. The molecule has 7 nitrogen and oxygen atoms in total. The van der Waals surface area contributed by atoms with Crippen molar-refractivity contribution in [2.45, 2.75) is 48.3 Å². The summed E-state index contributed by atoms with van der Waals surface area (Å²) in [5.74, 6) is -0.695. The molecule has 10 heteroatoms. The number of carboxylic acid groups (broad SMARTS) is 1. The van der Waals surface area contributed by atoms with Crippen molar-refractivity contribution in [1.82, 2.24) is 9.88 Å². The minimum absolute atomic E-state index is 0.0304. The molecule has 2 N–H and O–H groups in total. The van der Waals surface area contributed by atoms with Crippen molar-refractivity contribution in [1.29, 1.82) is 0 Å². The van der Waals surface area contributed by atoms with Gasteiger partial charge in [0.1, 0.15) is 0 Å². The molecule has 3 fully saturated rings. The van der Waals surface area contributed by atoms with Crippen LogP contribution >= 0.6 is 34.4 Å². The average Bonchev–Trinajstić information content (AvgIpc) is 3.57. The second kappa shape index (κ2) is 8.09. The summed E-state index contributed by atoms with van der Waals surface area (Å²) in [7, 11) is 0. The van der Waals surface area contributed by atoms with E-state index in [4.69, 9.17) is 5.11 Å². The number of fused-ring (bicyclic) bond motifs is 9. The van der Waals surface area contributed by atoms with Crippen molar-refractivity contribution >= 4 is 52.2 Å². The number of hydrogen-bond donors (Lipinski definition) is 2. The van der Waals surface area contributed by atoms with Gasteiger partial charge in [0.05, 0.1) is 16.9 Å². The molecule has 2 aliphatic heterocycles. The molecular formula is C23H24N2O5S3. The Morgan fingerprint density at radius 1 is 1.12 bits per heavy atom. The Kier molecular flexibility index (Phi) is 5.30. The van der Waals surface area contributed by atoms with E-state index in [9.17, 15) is 19.2 Å². The molecule has 2 aromatic rings. The lowest BCUT2D eigenvalue weighted by molar-refractivity contribution is -0.141. The smallest absolute Gasteiger partial charge is 0.305 e. The number of amides is 2. The molecule has 2 aliphatic carbocycles. The number of aromatic nitrogens is 1. The standard InChI is InChI=1S/C23H24N2O5S3/c26-13(27)6-2-1-3-7-25-21(28)15-10-9-11(16(15)22(25)29)18-14(10)17(12-5-4-8-31-12)19-20(32-18)24-23(30)33-19/h4-5,8,10-11,14-18H,1-3,6-7,9H2,(H,24,30)(H,26,27)/t10-,11-,14-,15+,16-,17-,18-/m1/s1. The third kappa shape index (κ3) is 3.28. The lowest BCUT2D eigenvalue weighted by atomic mass is 9.69. The van der Waals surface area contributed by atoms with E-state index in [1.165, 1.54) is 21.1 Å². The Labute approximate surface area is 202 Å². The number of thiazole rings is 1. The third-order valence-electron chi connectivity index (χ3n) is 7.94. The topological polar surface area (TPSA) is 108 Å². The van der Waals surface area contributed by atoms with Crippen LogP contribution in [-0.4, -0.2) is 44.6 Å². The van der Waals surface area contributed by atoms with Crippen LogP contribution in [0.5, 0.6) is 0 Å². The van der Waals surface area contributed by atoms with E-state index >= 15 is 0 Å². The highest BCUT2D eigenvalue weighted by atomic mass is 32.2. The van der Waals surface area contributed by atoms with Crippen LogP contribution in [0, 0.1) is 29.6 Å². The zero-order valence-corrected chi connectivity index (χ0v) is 20.2. The summed E-state index contributed by atoms with van der Waals surface area (Å²) in [4.78, 5) is 56.5. The van der Waals surface area contributed by atoms with Gasteiger partial charge in [0.2, 0.25) is 11.8 Å². The molecule has 2 saturated carbocycles. The number of carbonyl (C=O) groups excluding carboxylic acids is 2. The third-order valence-corrected chi connectivity index (χ3v) is 11.5. The first-order valence-electron chi connectivity index (χ1n) is 11.5. The fourth-order valence-corrected chi connectivity index (χ4v) is 10.7. The number of nitrogens with one attached hydrogen (secondary N) is 1. The molecule has 0 aromatic carbocycles. The quantitative estimate of drug-likeness (QED) is 0.441. The minimum atomic E-state index is -0.815. The number of unbranched alkanes of at least 4 members (excludes halogenated alkanes) is 2. The van der Waals surface area contributed by atoms with Crippen molar-refractivity contribution in [2.75, 3.05) is 6.54 Å². The Balaban J connectivity index is 1.27. The summed E-state index contributed by atoms with van der Waals surface area (Å²) in [6.07, 6.45) is 2.93. The van der Waals surface area contributed by atoms with Gasteiger partial charge in [0.25, 0.3) is 0 Å². The molecule has 4 heterocycles. The van der Waals surface area contributed by atoms with Crippen LogP contribution in [0.15, 0.2) is 27.3 Å².